The molecule has 0 fully saturated rings. The molecule has 1 amide bonds. The van der Waals surface area contributed by atoms with Crippen molar-refractivity contribution in [3.63, 3.8) is 0 Å². The molecule has 5 nitrogen and oxygen atoms in total. The lowest BCUT2D eigenvalue weighted by Crippen LogP contribution is -2.41. The Kier molecular flexibility index (Phi) is 5.82. The van der Waals surface area contributed by atoms with E-state index in [1.54, 1.807) is 6.07 Å². The molecule has 1 unspecified atom stereocenters. The van der Waals surface area contributed by atoms with E-state index in [1.807, 2.05) is 0 Å². The molecule has 2 aromatic carbocycles. The summed E-state index contributed by atoms with van der Waals surface area (Å²) in [4.78, 5) is 12.0. The standard InChI is InChI=1S/C15H13Cl2FN2O3S/c1-9(15(21)19-14-12(16)3-2-4-13(14)17)20-24(22,23)11-7-5-10(18)6-8-11/h2-9,20H,1H3,(H,19,21). The lowest BCUT2D eigenvalue weighted by atomic mass is 10.3. The first-order chi connectivity index (χ1) is 11.2. The van der Waals surface area contributed by atoms with E-state index < -0.39 is 27.8 Å². The number of halogens is 3. The molecule has 0 aliphatic heterocycles. The molecule has 2 aromatic rings. The topological polar surface area (TPSA) is 75.3 Å². The number of amides is 1. The van der Waals surface area contributed by atoms with E-state index in [9.17, 15) is 17.6 Å². The Hall–Kier alpha value is -1.67. The summed E-state index contributed by atoms with van der Waals surface area (Å²) in [5.41, 5.74) is 0.193. The molecule has 9 heteroatoms. The van der Waals surface area contributed by atoms with Crippen LogP contribution in [0, 0.1) is 5.82 Å². The number of rotatable bonds is 5. The molecule has 0 bridgehead atoms. The average molecular weight is 391 g/mol. The molecule has 0 spiro atoms. The number of nitrogens with one attached hydrogen (secondary N) is 2. The van der Waals surface area contributed by atoms with Gasteiger partial charge in [0.1, 0.15) is 5.82 Å². The highest BCUT2D eigenvalue weighted by Gasteiger charge is 2.23. The van der Waals surface area contributed by atoms with Crippen LogP contribution in [0.1, 0.15) is 6.92 Å². The van der Waals surface area contributed by atoms with Crippen molar-refractivity contribution in [3.05, 3.63) is 58.3 Å². The zero-order valence-corrected chi connectivity index (χ0v) is 14.7. The van der Waals surface area contributed by atoms with Crippen molar-refractivity contribution < 1.29 is 17.6 Å². The van der Waals surface area contributed by atoms with Gasteiger partial charge in [0.15, 0.2) is 0 Å². The van der Waals surface area contributed by atoms with Gasteiger partial charge in [-0.1, -0.05) is 29.3 Å². The molecule has 128 valence electrons. The number of carbonyl (C=O) groups excluding carboxylic acids is 1. The molecule has 0 aromatic heterocycles. The summed E-state index contributed by atoms with van der Waals surface area (Å²) in [6, 6.07) is 7.83. The van der Waals surface area contributed by atoms with E-state index in [2.05, 4.69) is 10.0 Å². The van der Waals surface area contributed by atoms with Crippen molar-refractivity contribution in [1.29, 1.82) is 0 Å². The van der Waals surface area contributed by atoms with Gasteiger partial charge in [-0.2, -0.15) is 4.72 Å². The predicted molar refractivity (Wildman–Crippen MR) is 91.3 cm³/mol. The van der Waals surface area contributed by atoms with Gasteiger partial charge in [0, 0.05) is 0 Å². The molecule has 0 saturated heterocycles. The van der Waals surface area contributed by atoms with Gasteiger partial charge in [-0.3, -0.25) is 4.79 Å². The minimum absolute atomic E-state index is 0.153. The fourth-order valence-corrected chi connectivity index (χ4v) is 3.51. The Balaban J connectivity index is 2.12. The SMILES string of the molecule is CC(NS(=O)(=O)c1ccc(F)cc1)C(=O)Nc1c(Cl)cccc1Cl. The fraction of sp³-hybridized carbons (Fsp3) is 0.133. The molecular formula is C15H13Cl2FN2O3S. The molecule has 1 atom stereocenters. The van der Waals surface area contributed by atoms with E-state index in [4.69, 9.17) is 23.2 Å². The predicted octanol–water partition coefficient (Wildman–Crippen LogP) is 3.44. The van der Waals surface area contributed by atoms with Crippen LogP contribution in [0.3, 0.4) is 0 Å². The zero-order valence-electron chi connectivity index (χ0n) is 12.4. The summed E-state index contributed by atoms with van der Waals surface area (Å²) >= 11 is 11.9. The van der Waals surface area contributed by atoms with Crippen LogP contribution >= 0.6 is 23.2 Å². The van der Waals surface area contributed by atoms with Crippen molar-refractivity contribution in [2.45, 2.75) is 17.9 Å². The van der Waals surface area contributed by atoms with Gasteiger partial charge in [-0.15, -0.1) is 0 Å². The summed E-state index contributed by atoms with van der Waals surface area (Å²) in [6.45, 7) is 1.36. The lowest BCUT2D eigenvalue weighted by Gasteiger charge is -2.15. The number of sulfonamides is 1. The number of benzene rings is 2. The Morgan fingerprint density at radius 1 is 1.08 bits per heavy atom. The molecule has 0 aliphatic carbocycles. The quantitative estimate of drug-likeness (QED) is 0.820. The van der Waals surface area contributed by atoms with E-state index in [0.29, 0.717) is 0 Å². The maximum Gasteiger partial charge on any atom is 0.242 e. The highest BCUT2D eigenvalue weighted by Crippen LogP contribution is 2.29. The minimum Gasteiger partial charge on any atom is -0.322 e. The molecule has 0 heterocycles. The molecule has 0 aliphatic rings. The van der Waals surface area contributed by atoms with E-state index in [0.717, 1.165) is 24.3 Å². The summed E-state index contributed by atoms with van der Waals surface area (Å²) in [5, 5.41) is 2.92. The second kappa shape index (κ2) is 7.48. The van der Waals surface area contributed by atoms with Gasteiger partial charge in [0.05, 0.1) is 26.7 Å². The van der Waals surface area contributed by atoms with Crippen LogP contribution in [0.15, 0.2) is 47.4 Å². The van der Waals surface area contributed by atoms with Gasteiger partial charge in [-0.05, 0) is 43.3 Å². The van der Waals surface area contributed by atoms with Crippen LogP contribution in [0.4, 0.5) is 10.1 Å². The highest BCUT2D eigenvalue weighted by atomic mass is 35.5. The average Bonchev–Trinajstić information content (AvgIpc) is 2.51. The summed E-state index contributed by atoms with van der Waals surface area (Å²) < 4.78 is 39.4. The fourth-order valence-electron chi connectivity index (χ4n) is 1.82. The summed E-state index contributed by atoms with van der Waals surface area (Å²) in [5.74, 6) is -1.20. The molecule has 24 heavy (non-hydrogen) atoms. The van der Waals surface area contributed by atoms with Crippen molar-refractivity contribution >= 4 is 44.8 Å². The van der Waals surface area contributed by atoms with Crippen LogP contribution in [-0.4, -0.2) is 20.4 Å². The largest absolute Gasteiger partial charge is 0.322 e. The third kappa shape index (κ3) is 4.45. The first kappa shape index (κ1) is 18.7. The Bertz CT molecular complexity index is 837. The Morgan fingerprint density at radius 3 is 2.17 bits per heavy atom. The lowest BCUT2D eigenvalue weighted by molar-refractivity contribution is -0.117. The van der Waals surface area contributed by atoms with Crippen molar-refractivity contribution in [2.24, 2.45) is 0 Å². The summed E-state index contributed by atoms with van der Waals surface area (Å²) in [6.07, 6.45) is 0. The normalized spacial score (nSPS) is 12.7. The van der Waals surface area contributed by atoms with Gasteiger partial charge < -0.3 is 5.32 Å². The molecule has 2 N–H and O–H groups in total. The second-order valence-electron chi connectivity index (χ2n) is 4.88. The van der Waals surface area contributed by atoms with Gasteiger partial charge in [0.25, 0.3) is 0 Å². The Labute approximate surface area is 148 Å². The second-order valence-corrected chi connectivity index (χ2v) is 7.41. The van der Waals surface area contributed by atoms with Crippen LogP contribution in [-0.2, 0) is 14.8 Å². The maximum atomic E-state index is 12.9. The number of hydrogen-bond acceptors (Lipinski definition) is 3. The minimum atomic E-state index is -3.98. The van der Waals surface area contributed by atoms with Crippen LogP contribution in [0.2, 0.25) is 10.0 Å². The third-order valence-electron chi connectivity index (χ3n) is 3.06. The smallest absolute Gasteiger partial charge is 0.242 e. The Morgan fingerprint density at radius 2 is 1.62 bits per heavy atom. The monoisotopic (exact) mass is 390 g/mol. The van der Waals surface area contributed by atoms with Crippen LogP contribution < -0.4 is 10.0 Å². The molecule has 2 rings (SSSR count). The number of hydrogen-bond donors (Lipinski definition) is 2. The van der Waals surface area contributed by atoms with Crippen LogP contribution in [0.25, 0.3) is 0 Å². The molecule has 0 radical (unpaired) electrons. The molecule has 0 saturated carbocycles. The first-order valence-corrected chi connectivity index (χ1v) is 8.97. The van der Waals surface area contributed by atoms with Gasteiger partial charge in [-0.25, -0.2) is 12.8 Å². The zero-order chi connectivity index (χ0) is 17.9. The third-order valence-corrected chi connectivity index (χ3v) is 5.25. The van der Waals surface area contributed by atoms with Crippen molar-refractivity contribution in [1.82, 2.24) is 4.72 Å². The highest BCUT2D eigenvalue weighted by molar-refractivity contribution is 7.89. The maximum absolute atomic E-state index is 12.9. The van der Waals surface area contributed by atoms with E-state index in [1.165, 1.54) is 19.1 Å². The van der Waals surface area contributed by atoms with E-state index >= 15 is 0 Å². The van der Waals surface area contributed by atoms with Gasteiger partial charge in [0.2, 0.25) is 15.9 Å². The first-order valence-electron chi connectivity index (χ1n) is 6.73. The molecular weight excluding hydrogens is 378 g/mol. The number of carbonyl (C=O) groups is 1. The van der Waals surface area contributed by atoms with Crippen molar-refractivity contribution in [3.8, 4) is 0 Å². The van der Waals surface area contributed by atoms with Crippen molar-refractivity contribution in [2.75, 3.05) is 5.32 Å². The number of para-hydroxylation sites is 1. The van der Waals surface area contributed by atoms with Gasteiger partial charge >= 0.3 is 0 Å². The number of anilines is 1. The van der Waals surface area contributed by atoms with Crippen LogP contribution in [0.5, 0.6) is 0 Å². The summed E-state index contributed by atoms with van der Waals surface area (Å²) in [7, 11) is -3.98. The van der Waals surface area contributed by atoms with E-state index in [-0.39, 0.29) is 20.6 Å².